The van der Waals surface area contributed by atoms with Gasteiger partial charge in [-0.25, -0.2) is 0 Å². The van der Waals surface area contributed by atoms with E-state index in [9.17, 15) is 0 Å². The lowest BCUT2D eigenvalue weighted by Crippen LogP contribution is -2.37. The fourth-order valence-electron chi connectivity index (χ4n) is 2.55. The van der Waals surface area contributed by atoms with Crippen LogP contribution in [0.1, 0.15) is 47.0 Å². The van der Waals surface area contributed by atoms with Crippen molar-refractivity contribution in [2.45, 2.75) is 53.0 Å². The van der Waals surface area contributed by atoms with Crippen molar-refractivity contribution in [3.63, 3.8) is 0 Å². The first kappa shape index (κ1) is 14.4. The number of nitrogens with two attached hydrogens (primary N) is 1. The molecule has 96 valence electrons. The number of hydrogen-bond acceptors (Lipinski definition) is 2. The topological polar surface area (TPSA) is 26.0 Å². The second-order valence-corrected chi connectivity index (χ2v) is 7.20. The van der Waals surface area contributed by atoms with E-state index in [1.165, 1.54) is 25.0 Å². The average Bonchev–Trinajstić information content (AvgIpc) is 2.21. The highest BCUT2D eigenvalue weighted by molar-refractivity contribution is 7.99. The zero-order valence-corrected chi connectivity index (χ0v) is 12.2. The van der Waals surface area contributed by atoms with Gasteiger partial charge in [-0.05, 0) is 42.3 Å². The normalized spacial score (nSPS) is 33.0. The van der Waals surface area contributed by atoms with Gasteiger partial charge in [0, 0.05) is 11.8 Å². The third-order valence-electron chi connectivity index (χ3n) is 4.01. The molecule has 0 amide bonds. The van der Waals surface area contributed by atoms with Crippen molar-refractivity contribution in [3.05, 3.63) is 0 Å². The Morgan fingerprint density at radius 3 is 2.38 bits per heavy atom. The van der Waals surface area contributed by atoms with Crippen LogP contribution in [0, 0.1) is 23.7 Å². The molecule has 16 heavy (non-hydrogen) atoms. The Bertz CT molecular complexity index is 193. The largest absolute Gasteiger partial charge is 0.327 e. The summed E-state index contributed by atoms with van der Waals surface area (Å²) in [5, 5.41) is 0. The standard InChI is InChI=1S/C14H29NS/c1-10(2)8-16-9-14(15)13-6-5-11(3)12(4)7-13/h10-14H,5-9,15H2,1-4H3. The van der Waals surface area contributed by atoms with Crippen molar-refractivity contribution < 1.29 is 0 Å². The second kappa shape index (κ2) is 6.90. The molecule has 1 aliphatic carbocycles. The summed E-state index contributed by atoms with van der Waals surface area (Å²) in [5.74, 6) is 5.77. The van der Waals surface area contributed by atoms with Crippen LogP contribution in [0.15, 0.2) is 0 Å². The molecule has 1 aliphatic rings. The van der Waals surface area contributed by atoms with Crippen LogP contribution in [-0.2, 0) is 0 Å². The fourth-order valence-corrected chi connectivity index (χ4v) is 3.71. The number of rotatable bonds is 5. The Labute approximate surface area is 106 Å². The van der Waals surface area contributed by atoms with Crippen LogP contribution in [0.5, 0.6) is 0 Å². The molecular formula is C14H29NS. The molecule has 0 aromatic carbocycles. The summed E-state index contributed by atoms with van der Waals surface area (Å²) in [6.07, 6.45) is 4.09. The maximum atomic E-state index is 6.32. The Morgan fingerprint density at radius 1 is 1.12 bits per heavy atom. The van der Waals surface area contributed by atoms with Gasteiger partial charge in [-0.2, -0.15) is 11.8 Å². The molecule has 4 atom stereocenters. The quantitative estimate of drug-likeness (QED) is 0.795. The molecule has 2 N–H and O–H groups in total. The molecule has 0 aromatic heterocycles. The zero-order chi connectivity index (χ0) is 12.1. The van der Waals surface area contributed by atoms with Crippen molar-refractivity contribution in [3.8, 4) is 0 Å². The first-order chi connectivity index (χ1) is 7.50. The summed E-state index contributed by atoms with van der Waals surface area (Å²) in [4.78, 5) is 0. The molecule has 1 rings (SSSR count). The minimum Gasteiger partial charge on any atom is -0.327 e. The van der Waals surface area contributed by atoms with Crippen LogP contribution in [0.3, 0.4) is 0 Å². The van der Waals surface area contributed by atoms with Crippen LogP contribution in [-0.4, -0.2) is 17.5 Å². The van der Waals surface area contributed by atoms with Gasteiger partial charge in [-0.3, -0.25) is 0 Å². The van der Waals surface area contributed by atoms with Crippen LogP contribution in [0.2, 0.25) is 0 Å². The lowest BCUT2D eigenvalue weighted by molar-refractivity contribution is 0.192. The van der Waals surface area contributed by atoms with Crippen LogP contribution < -0.4 is 5.73 Å². The number of thioether (sulfide) groups is 1. The van der Waals surface area contributed by atoms with Gasteiger partial charge in [-0.15, -0.1) is 0 Å². The van der Waals surface area contributed by atoms with Gasteiger partial charge < -0.3 is 5.73 Å². The molecule has 0 radical (unpaired) electrons. The molecule has 1 saturated carbocycles. The predicted octanol–water partition coefficient (Wildman–Crippen LogP) is 3.78. The Kier molecular flexibility index (Phi) is 6.20. The molecule has 0 aliphatic heterocycles. The molecule has 0 spiro atoms. The van der Waals surface area contributed by atoms with Crippen molar-refractivity contribution in [2.75, 3.05) is 11.5 Å². The molecule has 0 saturated heterocycles. The summed E-state index contributed by atoms with van der Waals surface area (Å²) in [7, 11) is 0. The van der Waals surface area contributed by atoms with E-state index in [1.54, 1.807) is 0 Å². The van der Waals surface area contributed by atoms with E-state index in [2.05, 4.69) is 27.7 Å². The molecular weight excluding hydrogens is 214 g/mol. The minimum absolute atomic E-state index is 0.429. The van der Waals surface area contributed by atoms with Gasteiger partial charge in [0.25, 0.3) is 0 Å². The van der Waals surface area contributed by atoms with Crippen LogP contribution in [0.4, 0.5) is 0 Å². The van der Waals surface area contributed by atoms with E-state index in [0.717, 1.165) is 29.4 Å². The first-order valence-electron chi connectivity index (χ1n) is 6.84. The Balaban J connectivity index is 2.23. The molecule has 0 aromatic rings. The van der Waals surface area contributed by atoms with Crippen LogP contribution >= 0.6 is 11.8 Å². The van der Waals surface area contributed by atoms with E-state index < -0.39 is 0 Å². The fraction of sp³-hybridized carbons (Fsp3) is 1.00. The number of hydrogen-bond donors (Lipinski definition) is 1. The summed E-state index contributed by atoms with van der Waals surface area (Å²) < 4.78 is 0. The summed E-state index contributed by atoms with van der Waals surface area (Å²) >= 11 is 2.04. The third kappa shape index (κ3) is 4.67. The molecule has 1 fully saturated rings. The lowest BCUT2D eigenvalue weighted by Gasteiger charge is -2.35. The SMILES string of the molecule is CC(C)CSCC(N)C1CCC(C)C(C)C1. The van der Waals surface area contributed by atoms with E-state index >= 15 is 0 Å². The Morgan fingerprint density at radius 2 is 1.81 bits per heavy atom. The van der Waals surface area contributed by atoms with Crippen molar-refractivity contribution in [1.29, 1.82) is 0 Å². The highest BCUT2D eigenvalue weighted by Crippen LogP contribution is 2.35. The maximum Gasteiger partial charge on any atom is 0.0159 e. The summed E-state index contributed by atoms with van der Waals surface area (Å²) in [6.45, 7) is 9.34. The smallest absolute Gasteiger partial charge is 0.0159 e. The van der Waals surface area contributed by atoms with E-state index in [0.29, 0.717) is 6.04 Å². The molecule has 1 nitrogen and oxygen atoms in total. The van der Waals surface area contributed by atoms with Crippen molar-refractivity contribution in [1.82, 2.24) is 0 Å². The van der Waals surface area contributed by atoms with Gasteiger partial charge in [-0.1, -0.05) is 34.1 Å². The molecule has 0 bridgehead atoms. The van der Waals surface area contributed by atoms with E-state index in [1.807, 2.05) is 11.8 Å². The van der Waals surface area contributed by atoms with Gasteiger partial charge in [0.1, 0.15) is 0 Å². The van der Waals surface area contributed by atoms with Gasteiger partial charge >= 0.3 is 0 Å². The predicted molar refractivity (Wildman–Crippen MR) is 75.8 cm³/mol. The summed E-state index contributed by atoms with van der Waals surface area (Å²) in [5.41, 5.74) is 6.32. The highest BCUT2D eigenvalue weighted by atomic mass is 32.2. The van der Waals surface area contributed by atoms with Gasteiger partial charge in [0.15, 0.2) is 0 Å². The maximum absolute atomic E-state index is 6.32. The molecule has 0 heterocycles. The Hall–Kier alpha value is 0.310. The third-order valence-corrected chi connectivity index (χ3v) is 5.53. The van der Waals surface area contributed by atoms with E-state index in [-0.39, 0.29) is 0 Å². The second-order valence-electron chi connectivity index (χ2n) is 6.12. The monoisotopic (exact) mass is 243 g/mol. The average molecular weight is 243 g/mol. The molecule has 4 unspecified atom stereocenters. The highest BCUT2D eigenvalue weighted by Gasteiger charge is 2.28. The minimum atomic E-state index is 0.429. The van der Waals surface area contributed by atoms with Crippen LogP contribution in [0.25, 0.3) is 0 Å². The van der Waals surface area contributed by atoms with Gasteiger partial charge in [0.05, 0.1) is 0 Å². The van der Waals surface area contributed by atoms with Gasteiger partial charge in [0.2, 0.25) is 0 Å². The lowest BCUT2D eigenvalue weighted by atomic mass is 9.74. The summed E-state index contributed by atoms with van der Waals surface area (Å²) in [6, 6.07) is 0.429. The van der Waals surface area contributed by atoms with Crippen molar-refractivity contribution in [2.24, 2.45) is 29.4 Å². The van der Waals surface area contributed by atoms with E-state index in [4.69, 9.17) is 5.73 Å². The molecule has 2 heteroatoms. The van der Waals surface area contributed by atoms with Crippen molar-refractivity contribution >= 4 is 11.8 Å². The first-order valence-corrected chi connectivity index (χ1v) is 7.99. The zero-order valence-electron chi connectivity index (χ0n) is 11.4.